The van der Waals surface area contributed by atoms with Crippen LogP contribution in [0.3, 0.4) is 0 Å². The fraction of sp³-hybridized carbons (Fsp3) is 0.500. The Balaban J connectivity index is 2.07. The van der Waals surface area contributed by atoms with E-state index in [0.29, 0.717) is 25.3 Å². The molecule has 1 aromatic rings. The van der Waals surface area contributed by atoms with Gasteiger partial charge >= 0.3 is 5.97 Å². The minimum atomic E-state index is -1.03. The molecule has 0 aliphatic carbocycles. The minimum absolute atomic E-state index is 0.00730. The third kappa shape index (κ3) is 4.01. The molecule has 2 rings (SSSR count). The van der Waals surface area contributed by atoms with Crippen LogP contribution in [-0.4, -0.2) is 47.7 Å². The zero-order chi connectivity index (χ0) is 16.2. The number of nitrogens with one attached hydrogen (secondary N) is 1. The van der Waals surface area contributed by atoms with Gasteiger partial charge in [0.25, 0.3) is 5.91 Å². The van der Waals surface area contributed by atoms with Crippen molar-refractivity contribution in [2.45, 2.75) is 24.5 Å². The van der Waals surface area contributed by atoms with Gasteiger partial charge in [0.2, 0.25) is 0 Å². The fourth-order valence-electron chi connectivity index (χ4n) is 2.58. The summed E-state index contributed by atoms with van der Waals surface area (Å²) in [6.45, 7) is 3.77. The Hall–Kier alpha value is -1.53. The average Bonchev–Trinajstić information content (AvgIpc) is 2.53. The van der Waals surface area contributed by atoms with E-state index in [2.05, 4.69) is 5.32 Å². The van der Waals surface area contributed by atoms with Gasteiger partial charge in [-0.1, -0.05) is 0 Å². The Labute approximate surface area is 134 Å². The number of ether oxygens (including phenoxy) is 1. The standard InChI is InChI=1S/C16H21NO4S/c1-11-7-12(9-13(8-11)15(19)20)14(18)17-10-16(22-2)3-5-21-6-4-16/h7-9H,3-6,10H2,1-2H3,(H,17,18)(H,19,20). The summed E-state index contributed by atoms with van der Waals surface area (Å²) >= 11 is 1.75. The third-order valence-electron chi connectivity index (χ3n) is 3.99. The second-order valence-electron chi connectivity index (χ2n) is 5.58. The van der Waals surface area contributed by atoms with Gasteiger partial charge in [0.05, 0.1) is 5.56 Å². The number of carboxylic acid groups (broad SMARTS) is 1. The van der Waals surface area contributed by atoms with Gasteiger partial charge in [-0.15, -0.1) is 0 Å². The molecule has 0 saturated carbocycles. The molecule has 0 atom stereocenters. The zero-order valence-electron chi connectivity index (χ0n) is 12.8. The third-order valence-corrected chi connectivity index (χ3v) is 5.41. The van der Waals surface area contributed by atoms with Gasteiger partial charge in [-0.25, -0.2) is 4.79 Å². The summed E-state index contributed by atoms with van der Waals surface area (Å²) in [6.07, 6.45) is 3.86. The van der Waals surface area contributed by atoms with Gasteiger partial charge < -0.3 is 15.2 Å². The van der Waals surface area contributed by atoms with Crippen molar-refractivity contribution in [2.24, 2.45) is 0 Å². The summed E-state index contributed by atoms with van der Waals surface area (Å²) in [6, 6.07) is 4.68. The first-order chi connectivity index (χ1) is 10.5. The summed E-state index contributed by atoms with van der Waals surface area (Å²) in [5.74, 6) is -1.26. The molecule has 5 nitrogen and oxygen atoms in total. The Bertz CT molecular complexity index is 567. The van der Waals surface area contributed by atoms with Crippen LogP contribution in [0, 0.1) is 6.92 Å². The molecule has 6 heteroatoms. The molecule has 1 saturated heterocycles. The van der Waals surface area contributed by atoms with Gasteiger partial charge in [-0.2, -0.15) is 11.8 Å². The molecule has 0 aromatic heterocycles. The molecule has 2 N–H and O–H groups in total. The van der Waals surface area contributed by atoms with Crippen molar-refractivity contribution in [2.75, 3.05) is 26.0 Å². The predicted molar refractivity (Wildman–Crippen MR) is 86.8 cm³/mol. The van der Waals surface area contributed by atoms with Crippen LogP contribution in [0.4, 0.5) is 0 Å². The first-order valence-corrected chi connectivity index (χ1v) is 8.44. The van der Waals surface area contributed by atoms with Crippen molar-refractivity contribution < 1.29 is 19.4 Å². The van der Waals surface area contributed by atoms with E-state index in [4.69, 9.17) is 9.84 Å². The molecule has 1 aliphatic rings. The highest BCUT2D eigenvalue weighted by atomic mass is 32.2. The monoisotopic (exact) mass is 323 g/mol. The molecule has 0 unspecified atom stereocenters. The van der Waals surface area contributed by atoms with Gasteiger partial charge in [0.15, 0.2) is 0 Å². The topological polar surface area (TPSA) is 75.6 Å². The lowest BCUT2D eigenvalue weighted by Gasteiger charge is -2.35. The normalized spacial score (nSPS) is 17.0. The SMILES string of the molecule is CSC1(CNC(=O)c2cc(C)cc(C(=O)O)c2)CCOCC1. The average molecular weight is 323 g/mol. The molecule has 1 aromatic carbocycles. The molecule has 1 heterocycles. The number of carbonyl (C=O) groups is 2. The Kier molecular flexibility index (Phi) is 5.47. The van der Waals surface area contributed by atoms with E-state index in [0.717, 1.165) is 18.4 Å². The molecule has 1 amide bonds. The van der Waals surface area contributed by atoms with E-state index in [1.165, 1.54) is 6.07 Å². The number of amides is 1. The lowest BCUT2D eigenvalue weighted by Crippen LogP contribution is -2.44. The number of thioether (sulfide) groups is 1. The number of benzene rings is 1. The van der Waals surface area contributed by atoms with Crippen LogP contribution < -0.4 is 5.32 Å². The van der Waals surface area contributed by atoms with Crippen molar-refractivity contribution in [3.63, 3.8) is 0 Å². The molecular formula is C16H21NO4S. The number of aryl methyl sites for hydroxylation is 1. The highest BCUT2D eigenvalue weighted by Gasteiger charge is 2.32. The molecular weight excluding hydrogens is 302 g/mol. The molecule has 0 radical (unpaired) electrons. The Morgan fingerprint density at radius 1 is 1.27 bits per heavy atom. The van der Waals surface area contributed by atoms with Crippen molar-refractivity contribution in [1.82, 2.24) is 5.32 Å². The van der Waals surface area contributed by atoms with Crippen LogP contribution in [0.15, 0.2) is 18.2 Å². The number of hydrogen-bond acceptors (Lipinski definition) is 4. The number of hydrogen-bond donors (Lipinski definition) is 2. The smallest absolute Gasteiger partial charge is 0.335 e. The molecule has 1 aliphatic heterocycles. The van der Waals surface area contributed by atoms with Crippen molar-refractivity contribution in [1.29, 1.82) is 0 Å². The predicted octanol–water partition coefficient (Wildman–Crippen LogP) is 2.34. The van der Waals surface area contributed by atoms with Crippen LogP contribution in [0.5, 0.6) is 0 Å². The quantitative estimate of drug-likeness (QED) is 0.870. The van der Waals surface area contributed by atoms with Gasteiger partial charge in [0.1, 0.15) is 0 Å². The maximum Gasteiger partial charge on any atom is 0.335 e. The molecule has 120 valence electrons. The summed E-state index contributed by atoms with van der Waals surface area (Å²) < 4.78 is 5.39. The number of carboxylic acids is 1. The summed E-state index contributed by atoms with van der Waals surface area (Å²) in [4.78, 5) is 23.4. The van der Waals surface area contributed by atoms with Crippen molar-refractivity contribution in [3.8, 4) is 0 Å². The van der Waals surface area contributed by atoms with Crippen LogP contribution in [0.25, 0.3) is 0 Å². The lowest BCUT2D eigenvalue weighted by atomic mass is 9.98. The number of aromatic carboxylic acids is 1. The molecule has 22 heavy (non-hydrogen) atoms. The van der Waals surface area contributed by atoms with Crippen LogP contribution in [0.1, 0.15) is 39.1 Å². The maximum absolute atomic E-state index is 12.3. The summed E-state index contributed by atoms with van der Waals surface area (Å²) in [7, 11) is 0. The van der Waals surface area contributed by atoms with Gasteiger partial charge in [0, 0.05) is 30.1 Å². The van der Waals surface area contributed by atoms with Gasteiger partial charge in [-0.05, 0) is 49.8 Å². The molecule has 0 spiro atoms. The highest BCUT2D eigenvalue weighted by Crippen LogP contribution is 2.33. The van der Waals surface area contributed by atoms with Crippen molar-refractivity contribution >= 4 is 23.6 Å². The van der Waals surface area contributed by atoms with Crippen LogP contribution in [-0.2, 0) is 4.74 Å². The highest BCUT2D eigenvalue weighted by molar-refractivity contribution is 8.00. The van der Waals surface area contributed by atoms with Crippen LogP contribution in [0.2, 0.25) is 0 Å². The maximum atomic E-state index is 12.3. The zero-order valence-corrected chi connectivity index (χ0v) is 13.7. The van der Waals surface area contributed by atoms with Gasteiger partial charge in [-0.3, -0.25) is 4.79 Å². The number of carbonyl (C=O) groups excluding carboxylic acids is 1. The van der Waals surface area contributed by atoms with Crippen LogP contribution >= 0.6 is 11.8 Å². The van der Waals surface area contributed by atoms with E-state index in [1.807, 2.05) is 6.26 Å². The largest absolute Gasteiger partial charge is 0.478 e. The summed E-state index contributed by atoms with van der Waals surface area (Å²) in [5.41, 5.74) is 1.28. The Morgan fingerprint density at radius 2 is 1.91 bits per heavy atom. The second kappa shape index (κ2) is 7.15. The second-order valence-corrected chi connectivity index (χ2v) is 6.85. The summed E-state index contributed by atoms with van der Waals surface area (Å²) in [5, 5.41) is 12.0. The van der Waals surface area contributed by atoms with Crippen molar-refractivity contribution in [3.05, 3.63) is 34.9 Å². The number of rotatable bonds is 5. The Morgan fingerprint density at radius 3 is 2.50 bits per heavy atom. The first kappa shape index (κ1) is 16.8. The first-order valence-electron chi connectivity index (χ1n) is 7.22. The van der Waals surface area contributed by atoms with E-state index in [1.54, 1.807) is 30.8 Å². The molecule has 1 fully saturated rings. The van der Waals surface area contributed by atoms with E-state index >= 15 is 0 Å². The minimum Gasteiger partial charge on any atom is -0.478 e. The molecule has 0 bridgehead atoms. The lowest BCUT2D eigenvalue weighted by molar-refractivity contribution is 0.0696. The van der Waals surface area contributed by atoms with E-state index in [9.17, 15) is 9.59 Å². The van der Waals surface area contributed by atoms with E-state index in [-0.39, 0.29) is 16.2 Å². The van der Waals surface area contributed by atoms with E-state index < -0.39 is 5.97 Å². The fourth-order valence-corrected chi connectivity index (χ4v) is 3.37.